The molecule has 0 N–H and O–H groups in total. The van der Waals surface area contributed by atoms with E-state index in [0.29, 0.717) is 30.4 Å². The van der Waals surface area contributed by atoms with Crippen molar-refractivity contribution in [2.24, 2.45) is 0 Å². The molecule has 0 fully saturated rings. The number of hydrogen-bond acceptors (Lipinski definition) is 5. The first-order valence-electron chi connectivity index (χ1n) is 8.25. The van der Waals surface area contributed by atoms with Gasteiger partial charge in [0.05, 0.1) is 18.5 Å². The van der Waals surface area contributed by atoms with Crippen LogP contribution in [0.4, 0.5) is 4.39 Å². The first kappa shape index (κ1) is 16.2. The highest BCUT2D eigenvalue weighted by Crippen LogP contribution is 2.22. The largest absolute Gasteiger partial charge is 0.441 e. The molecule has 130 valence electrons. The fourth-order valence-corrected chi connectivity index (χ4v) is 2.66. The van der Waals surface area contributed by atoms with E-state index in [-0.39, 0.29) is 5.82 Å². The second-order valence-electron chi connectivity index (χ2n) is 5.97. The van der Waals surface area contributed by atoms with Crippen molar-refractivity contribution in [2.45, 2.75) is 19.8 Å². The highest BCUT2D eigenvalue weighted by molar-refractivity contribution is 5.53. The number of halogens is 1. The molecule has 5 nitrogen and oxygen atoms in total. The van der Waals surface area contributed by atoms with E-state index in [9.17, 15) is 4.39 Å². The first-order valence-corrected chi connectivity index (χ1v) is 8.25. The Labute approximate surface area is 149 Å². The Morgan fingerprint density at radius 2 is 1.69 bits per heavy atom. The van der Waals surface area contributed by atoms with E-state index in [2.05, 4.69) is 15.1 Å². The zero-order chi connectivity index (χ0) is 17.9. The monoisotopic (exact) mass is 349 g/mol. The normalized spacial score (nSPS) is 11.0. The van der Waals surface area contributed by atoms with Crippen LogP contribution in [0.1, 0.15) is 28.7 Å². The van der Waals surface area contributed by atoms with Gasteiger partial charge in [0.25, 0.3) is 0 Å². The lowest BCUT2D eigenvalue weighted by molar-refractivity contribution is 0.380. The van der Waals surface area contributed by atoms with Crippen LogP contribution in [0.25, 0.3) is 11.5 Å². The minimum absolute atomic E-state index is 0.268. The maximum absolute atomic E-state index is 13.0. The van der Waals surface area contributed by atoms with Crippen LogP contribution in [0.2, 0.25) is 0 Å². The van der Waals surface area contributed by atoms with Gasteiger partial charge in [-0.3, -0.25) is 0 Å². The van der Waals surface area contributed by atoms with Gasteiger partial charge in [-0.05, 0) is 36.8 Å². The minimum atomic E-state index is -0.268. The highest BCUT2D eigenvalue weighted by Gasteiger charge is 2.15. The third kappa shape index (κ3) is 3.54. The van der Waals surface area contributed by atoms with Crippen molar-refractivity contribution in [3.05, 3.63) is 89.1 Å². The smallest absolute Gasteiger partial charge is 0.231 e. The molecule has 0 atom stereocenters. The zero-order valence-corrected chi connectivity index (χ0v) is 14.1. The molecule has 0 aliphatic heterocycles. The summed E-state index contributed by atoms with van der Waals surface area (Å²) in [4.78, 5) is 8.94. The summed E-state index contributed by atoms with van der Waals surface area (Å²) in [7, 11) is 0. The average molecular weight is 349 g/mol. The van der Waals surface area contributed by atoms with Gasteiger partial charge in [-0.2, -0.15) is 4.98 Å². The minimum Gasteiger partial charge on any atom is -0.441 e. The number of rotatable bonds is 5. The Kier molecular flexibility index (Phi) is 4.31. The Bertz CT molecular complexity index is 1010. The van der Waals surface area contributed by atoms with Crippen LogP contribution in [0.5, 0.6) is 0 Å². The van der Waals surface area contributed by atoms with E-state index >= 15 is 0 Å². The third-order valence-corrected chi connectivity index (χ3v) is 4.02. The lowest BCUT2D eigenvalue weighted by Gasteiger charge is -1.95. The van der Waals surface area contributed by atoms with Crippen LogP contribution in [0.15, 0.2) is 63.5 Å². The second kappa shape index (κ2) is 6.92. The van der Waals surface area contributed by atoms with Crippen molar-refractivity contribution < 1.29 is 13.3 Å². The highest BCUT2D eigenvalue weighted by atomic mass is 19.1. The van der Waals surface area contributed by atoms with Gasteiger partial charge in [-0.1, -0.05) is 35.5 Å². The fourth-order valence-electron chi connectivity index (χ4n) is 2.66. The van der Waals surface area contributed by atoms with E-state index in [0.717, 1.165) is 22.6 Å². The molecule has 26 heavy (non-hydrogen) atoms. The molecule has 6 heteroatoms. The molecular weight excluding hydrogens is 333 g/mol. The molecule has 2 aromatic carbocycles. The van der Waals surface area contributed by atoms with Gasteiger partial charge in [0.2, 0.25) is 11.8 Å². The summed E-state index contributed by atoms with van der Waals surface area (Å²) in [5.41, 5.74) is 2.61. The Morgan fingerprint density at radius 3 is 2.46 bits per heavy atom. The van der Waals surface area contributed by atoms with Gasteiger partial charge < -0.3 is 8.94 Å². The predicted octanol–water partition coefficient (Wildman–Crippen LogP) is 4.35. The van der Waals surface area contributed by atoms with Gasteiger partial charge in [0.15, 0.2) is 5.82 Å². The molecule has 4 aromatic rings. The van der Waals surface area contributed by atoms with Gasteiger partial charge in [-0.15, -0.1) is 0 Å². The molecule has 0 unspecified atom stereocenters. The molecule has 0 aliphatic carbocycles. The van der Waals surface area contributed by atoms with Crippen LogP contribution >= 0.6 is 0 Å². The molecule has 0 saturated heterocycles. The zero-order valence-electron chi connectivity index (χ0n) is 14.1. The molecule has 0 saturated carbocycles. The molecule has 2 heterocycles. The second-order valence-corrected chi connectivity index (χ2v) is 5.97. The maximum atomic E-state index is 13.0. The van der Waals surface area contributed by atoms with Crippen LogP contribution in [-0.2, 0) is 12.8 Å². The van der Waals surface area contributed by atoms with E-state index in [1.807, 2.05) is 37.3 Å². The van der Waals surface area contributed by atoms with Crippen LogP contribution in [0, 0.1) is 12.7 Å². The predicted molar refractivity (Wildman–Crippen MR) is 93.0 cm³/mol. The van der Waals surface area contributed by atoms with Crippen molar-refractivity contribution in [2.75, 3.05) is 0 Å². The molecule has 0 radical (unpaired) electrons. The summed E-state index contributed by atoms with van der Waals surface area (Å²) in [5, 5.41) is 4.01. The molecule has 0 amide bonds. The van der Waals surface area contributed by atoms with Crippen molar-refractivity contribution in [3.63, 3.8) is 0 Å². The molecule has 0 aliphatic rings. The summed E-state index contributed by atoms with van der Waals surface area (Å²) in [6.45, 7) is 1.87. The quantitative estimate of drug-likeness (QED) is 0.536. The number of aromatic nitrogens is 3. The molecule has 4 rings (SSSR count). The molecule has 2 aromatic heterocycles. The summed E-state index contributed by atoms with van der Waals surface area (Å²) >= 11 is 0. The van der Waals surface area contributed by atoms with Crippen LogP contribution in [0.3, 0.4) is 0 Å². The van der Waals surface area contributed by atoms with Crippen LogP contribution in [-0.4, -0.2) is 15.1 Å². The first-order chi connectivity index (χ1) is 12.7. The maximum Gasteiger partial charge on any atom is 0.231 e. The number of benzene rings is 2. The Balaban J connectivity index is 1.49. The fraction of sp³-hybridized carbons (Fsp3) is 0.150. The van der Waals surface area contributed by atoms with Gasteiger partial charge in [0, 0.05) is 5.56 Å². The standard InChI is InChI=1S/C20H16FN3O2/c1-13-17(22-20(25-13)15-5-3-2-4-6-15)12-18-23-19(26-24-18)11-14-7-9-16(21)10-8-14/h2-10H,11-12H2,1H3. The Hall–Kier alpha value is -3.28. The average Bonchev–Trinajstić information content (AvgIpc) is 3.25. The van der Waals surface area contributed by atoms with Crippen molar-refractivity contribution in [1.82, 2.24) is 15.1 Å². The lowest BCUT2D eigenvalue weighted by atomic mass is 10.1. The topological polar surface area (TPSA) is 65.0 Å². The van der Waals surface area contributed by atoms with Crippen LogP contribution < -0.4 is 0 Å². The van der Waals surface area contributed by atoms with Gasteiger partial charge in [-0.25, -0.2) is 9.37 Å². The van der Waals surface area contributed by atoms with E-state index in [1.165, 1.54) is 12.1 Å². The molecular formula is C20H16FN3O2. The summed E-state index contributed by atoms with van der Waals surface area (Å²) < 4.78 is 24.0. The van der Waals surface area contributed by atoms with Gasteiger partial charge in [0.1, 0.15) is 11.6 Å². The summed E-state index contributed by atoms with van der Waals surface area (Å²) in [6, 6.07) is 16.0. The number of aryl methyl sites for hydroxylation is 1. The summed E-state index contributed by atoms with van der Waals surface area (Å²) in [5.74, 6) is 2.06. The van der Waals surface area contributed by atoms with Crippen molar-refractivity contribution >= 4 is 0 Å². The van der Waals surface area contributed by atoms with E-state index in [4.69, 9.17) is 8.94 Å². The number of nitrogens with zero attached hydrogens (tertiary/aromatic N) is 3. The molecule has 0 bridgehead atoms. The SMILES string of the molecule is Cc1oc(-c2ccccc2)nc1Cc1noc(Cc2ccc(F)cc2)n1. The van der Waals surface area contributed by atoms with Crippen molar-refractivity contribution in [3.8, 4) is 11.5 Å². The van der Waals surface area contributed by atoms with Gasteiger partial charge >= 0.3 is 0 Å². The third-order valence-electron chi connectivity index (χ3n) is 4.02. The summed E-state index contributed by atoms with van der Waals surface area (Å²) in [6.07, 6.45) is 0.884. The number of oxazole rings is 1. The lowest BCUT2D eigenvalue weighted by Crippen LogP contribution is -1.94. The Morgan fingerprint density at radius 1 is 0.923 bits per heavy atom. The van der Waals surface area contributed by atoms with E-state index in [1.54, 1.807) is 12.1 Å². The number of hydrogen-bond donors (Lipinski definition) is 0. The molecule has 0 spiro atoms. The van der Waals surface area contributed by atoms with Crippen molar-refractivity contribution in [1.29, 1.82) is 0 Å². The van der Waals surface area contributed by atoms with E-state index < -0.39 is 0 Å².